The van der Waals surface area contributed by atoms with Crippen LogP contribution in [0.15, 0.2) is 18.2 Å². The van der Waals surface area contributed by atoms with Crippen molar-refractivity contribution in [2.75, 3.05) is 11.9 Å². The van der Waals surface area contributed by atoms with Crippen molar-refractivity contribution >= 4 is 23.4 Å². The molecule has 0 fully saturated rings. The monoisotopic (exact) mass is 226 g/mol. The number of amides is 1. The normalized spacial score (nSPS) is 16.3. The number of halogens is 1. The van der Waals surface area contributed by atoms with E-state index in [1.807, 2.05) is 25.1 Å². The zero-order chi connectivity index (χ0) is 10.8. The average Bonchev–Trinajstić information content (AvgIpc) is 2.27. The van der Waals surface area contributed by atoms with E-state index in [2.05, 4.69) is 10.2 Å². The zero-order valence-corrected chi connectivity index (χ0v) is 8.97. The maximum Gasteiger partial charge on any atom is 0.262 e. The van der Waals surface area contributed by atoms with Gasteiger partial charge in [0.05, 0.1) is 5.69 Å². The SMILES string of the molecule is CC(NCl)c1ccc2c(c1)NC(=O)CO2. The Bertz CT molecular complexity index is 395. The predicted octanol–water partition coefficient (Wildman–Crippen LogP) is 1.82. The van der Waals surface area contributed by atoms with Gasteiger partial charge in [-0.1, -0.05) is 6.07 Å². The summed E-state index contributed by atoms with van der Waals surface area (Å²) < 4.78 is 5.24. The number of hydrogen-bond acceptors (Lipinski definition) is 3. The molecular formula is C10H11ClN2O2. The summed E-state index contributed by atoms with van der Waals surface area (Å²) in [5.74, 6) is 0.561. The molecule has 4 nitrogen and oxygen atoms in total. The van der Waals surface area contributed by atoms with Crippen molar-refractivity contribution in [1.82, 2.24) is 4.84 Å². The lowest BCUT2D eigenvalue weighted by Crippen LogP contribution is -2.25. The minimum atomic E-state index is -0.133. The van der Waals surface area contributed by atoms with Gasteiger partial charge in [-0.25, -0.2) is 4.84 Å². The first-order chi connectivity index (χ1) is 7.20. The molecule has 15 heavy (non-hydrogen) atoms. The molecule has 1 aromatic carbocycles. The highest BCUT2D eigenvalue weighted by molar-refractivity contribution is 6.13. The van der Waals surface area contributed by atoms with Crippen LogP contribution in [0.25, 0.3) is 0 Å². The summed E-state index contributed by atoms with van der Waals surface area (Å²) in [7, 11) is 0. The summed E-state index contributed by atoms with van der Waals surface area (Å²) in [6.07, 6.45) is 0. The Morgan fingerprint density at radius 2 is 2.40 bits per heavy atom. The van der Waals surface area contributed by atoms with Crippen LogP contribution in [0.5, 0.6) is 5.75 Å². The molecule has 1 heterocycles. The molecule has 0 saturated carbocycles. The maximum absolute atomic E-state index is 11.1. The third-order valence-corrected chi connectivity index (χ3v) is 2.63. The molecule has 1 aliphatic heterocycles. The smallest absolute Gasteiger partial charge is 0.262 e. The van der Waals surface area contributed by atoms with Gasteiger partial charge in [0.25, 0.3) is 5.91 Å². The molecule has 0 saturated heterocycles. The Morgan fingerprint density at radius 3 is 3.13 bits per heavy atom. The molecule has 1 aliphatic rings. The number of hydrogen-bond donors (Lipinski definition) is 2. The minimum Gasteiger partial charge on any atom is -0.482 e. The van der Waals surface area contributed by atoms with Gasteiger partial charge in [0.2, 0.25) is 0 Å². The number of carbonyl (C=O) groups is 1. The van der Waals surface area contributed by atoms with Crippen molar-refractivity contribution in [2.24, 2.45) is 0 Å². The molecular weight excluding hydrogens is 216 g/mol. The molecule has 2 rings (SSSR count). The summed E-state index contributed by atoms with van der Waals surface area (Å²) in [5.41, 5.74) is 1.69. The maximum atomic E-state index is 11.1. The number of ether oxygens (including phenoxy) is 1. The highest BCUT2D eigenvalue weighted by Crippen LogP contribution is 2.30. The van der Waals surface area contributed by atoms with Gasteiger partial charge in [-0.05, 0) is 36.4 Å². The second-order valence-corrected chi connectivity index (χ2v) is 3.64. The number of rotatable bonds is 2. The van der Waals surface area contributed by atoms with Crippen LogP contribution in [0, 0.1) is 0 Å². The quantitative estimate of drug-likeness (QED) is 0.757. The number of carbonyl (C=O) groups excluding carboxylic acids is 1. The highest BCUT2D eigenvalue weighted by Gasteiger charge is 2.16. The van der Waals surface area contributed by atoms with Gasteiger partial charge in [0.15, 0.2) is 6.61 Å². The fourth-order valence-corrected chi connectivity index (χ4v) is 1.56. The standard InChI is InChI=1S/C10H11ClN2O2/c1-6(13-11)7-2-3-9-8(4-7)12-10(14)5-15-9/h2-4,6,13H,5H2,1H3,(H,12,14). The third-order valence-electron chi connectivity index (χ3n) is 2.30. The molecule has 1 aromatic rings. The lowest BCUT2D eigenvalue weighted by molar-refractivity contribution is -0.118. The van der Waals surface area contributed by atoms with Crippen molar-refractivity contribution in [3.8, 4) is 5.75 Å². The molecule has 5 heteroatoms. The second kappa shape index (κ2) is 4.08. The summed E-state index contributed by atoms with van der Waals surface area (Å²) in [6, 6.07) is 5.62. The number of benzene rings is 1. The van der Waals surface area contributed by atoms with E-state index in [0.717, 1.165) is 5.56 Å². The van der Waals surface area contributed by atoms with Gasteiger partial charge in [-0.2, -0.15) is 0 Å². The first-order valence-electron chi connectivity index (χ1n) is 4.63. The van der Waals surface area contributed by atoms with Gasteiger partial charge in [-0.15, -0.1) is 0 Å². The Balaban J connectivity index is 2.32. The second-order valence-electron chi connectivity index (χ2n) is 3.42. The van der Waals surface area contributed by atoms with E-state index in [0.29, 0.717) is 11.4 Å². The van der Waals surface area contributed by atoms with Crippen LogP contribution in [0.4, 0.5) is 5.69 Å². The molecule has 0 aromatic heterocycles. The van der Waals surface area contributed by atoms with E-state index in [4.69, 9.17) is 16.5 Å². The van der Waals surface area contributed by atoms with E-state index in [1.165, 1.54) is 0 Å². The molecule has 1 unspecified atom stereocenters. The van der Waals surface area contributed by atoms with Crippen LogP contribution in [-0.2, 0) is 4.79 Å². The van der Waals surface area contributed by atoms with Gasteiger partial charge in [0, 0.05) is 6.04 Å². The minimum absolute atomic E-state index is 0.0239. The molecule has 80 valence electrons. The third kappa shape index (κ3) is 2.06. The van der Waals surface area contributed by atoms with Crippen molar-refractivity contribution < 1.29 is 9.53 Å². The van der Waals surface area contributed by atoms with Crippen LogP contribution in [0.3, 0.4) is 0 Å². The number of fused-ring (bicyclic) bond motifs is 1. The van der Waals surface area contributed by atoms with E-state index >= 15 is 0 Å². The average molecular weight is 227 g/mol. The topological polar surface area (TPSA) is 50.4 Å². The molecule has 2 N–H and O–H groups in total. The summed E-state index contributed by atoms with van der Waals surface area (Å²) in [4.78, 5) is 13.7. The van der Waals surface area contributed by atoms with Crippen LogP contribution in [0.2, 0.25) is 0 Å². The van der Waals surface area contributed by atoms with Crippen LogP contribution in [-0.4, -0.2) is 12.5 Å². The van der Waals surface area contributed by atoms with Gasteiger partial charge >= 0.3 is 0 Å². The summed E-state index contributed by atoms with van der Waals surface area (Å²) in [5, 5.41) is 2.74. The lowest BCUT2D eigenvalue weighted by Gasteiger charge is -2.19. The fraction of sp³-hybridized carbons (Fsp3) is 0.300. The summed E-state index contributed by atoms with van der Waals surface area (Å²) in [6.45, 7) is 2.01. The zero-order valence-electron chi connectivity index (χ0n) is 8.21. The first kappa shape index (κ1) is 10.3. The number of nitrogens with one attached hydrogen (secondary N) is 2. The Hall–Kier alpha value is -1.26. The molecule has 0 bridgehead atoms. The van der Waals surface area contributed by atoms with E-state index in [1.54, 1.807) is 0 Å². The van der Waals surface area contributed by atoms with Crippen molar-refractivity contribution in [2.45, 2.75) is 13.0 Å². The van der Waals surface area contributed by atoms with E-state index in [9.17, 15) is 4.79 Å². The molecule has 0 radical (unpaired) electrons. The van der Waals surface area contributed by atoms with Crippen LogP contribution < -0.4 is 14.9 Å². The fourth-order valence-electron chi connectivity index (χ4n) is 1.43. The summed E-state index contributed by atoms with van der Waals surface area (Å²) >= 11 is 5.53. The first-order valence-corrected chi connectivity index (χ1v) is 5.01. The molecule has 0 aliphatic carbocycles. The van der Waals surface area contributed by atoms with Gasteiger partial charge < -0.3 is 10.1 Å². The molecule has 1 amide bonds. The Morgan fingerprint density at radius 1 is 1.60 bits per heavy atom. The lowest BCUT2D eigenvalue weighted by atomic mass is 10.1. The highest BCUT2D eigenvalue weighted by atomic mass is 35.5. The Labute approximate surface area is 92.7 Å². The van der Waals surface area contributed by atoms with E-state index in [-0.39, 0.29) is 18.6 Å². The van der Waals surface area contributed by atoms with Crippen LogP contribution in [0.1, 0.15) is 18.5 Å². The van der Waals surface area contributed by atoms with E-state index < -0.39 is 0 Å². The van der Waals surface area contributed by atoms with Crippen molar-refractivity contribution in [1.29, 1.82) is 0 Å². The number of anilines is 1. The molecule has 1 atom stereocenters. The Kier molecular flexibility index (Phi) is 2.79. The molecule has 0 spiro atoms. The van der Waals surface area contributed by atoms with Crippen LogP contribution >= 0.6 is 11.8 Å². The predicted molar refractivity (Wildman–Crippen MR) is 58.0 cm³/mol. The van der Waals surface area contributed by atoms with Gasteiger partial charge in [-0.3, -0.25) is 4.79 Å². The van der Waals surface area contributed by atoms with Crippen molar-refractivity contribution in [3.05, 3.63) is 23.8 Å². The largest absolute Gasteiger partial charge is 0.482 e. The van der Waals surface area contributed by atoms with Gasteiger partial charge in [0.1, 0.15) is 5.75 Å². The van der Waals surface area contributed by atoms with Crippen molar-refractivity contribution in [3.63, 3.8) is 0 Å².